The van der Waals surface area contributed by atoms with Gasteiger partial charge < -0.3 is 9.47 Å². The number of ether oxygens (including phenoxy) is 2. The van der Waals surface area contributed by atoms with E-state index in [-0.39, 0.29) is 20.9 Å². The van der Waals surface area contributed by atoms with Crippen LogP contribution in [0.1, 0.15) is 66.7 Å². The van der Waals surface area contributed by atoms with Gasteiger partial charge in [-0.2, -0.15) is 0 Å². The molecule has 2 fully saturated rings. The first-order valence-electron chi connectivity index (χ1n) is 9.84. The molecule has 0 amide bonds. The molecule has 3 nitrogen and oxygen atoms in total. The molecule has 2 bridgehead atoms. The van der Waals surface area contributed by atoms with Crippen molar-refractivity contribution < 1.29 is 14.3 Å². The normalized spacial score (nSPS) is 33.1. The second-order valence-corrected chi connectivity index (χ2v) is 10.2. The third-order valence-corrected chi connectivity index (χ3v) is 8.95. The van der Waals surface area contributed by atoms with Crippen LogP contribution < -0.4 is 9.47 Å². The van der Waals surface area contributed by atoms with Gasteiger partial charge >= 0.3 is 5.97 Å². The second-order valence-electron chi connectivity index (χ2n) is 8.71. The van der Waals surface area contributed by atoms with E-state index in [0.717, 1.165) is 30.9 Å². The van der Waals surface area contributed by atoms with E-state index in [1.54, 1.807) is 0 Å². The van der Waals surface area contributed by atoms with Crippen molar-refractivity contribution in [2.45, 2.75) is 76.2 Å². The highest BCUT2D eigenvalue weighted by molar-refractivity contribution is 14.1. The average molecular weight is 470 g/mol. The molecule has 144 valence electrons. The highest BCUT2D eigenvalue weighted by Gasteiger charge is 2.69. The van der Waals surface area contributed by atoms with Crippen LogP contribution in [0.15, 0.2) is 24.3 Å². The predicted octanol–water partition coefficient (Wildman–Crippen LogP) is 6.18. The lowest BCUT2D eigenvalue weighted by molar-refractivity contribution is -0.133. The lowest BCUT2D eigenvalue weighted by atomic mass is 9.63. The van der Waals surface area contributed by atoms with E-state index < -0.39 is 0 Å². The van der Waals surface area contributed by atoms with Crippen LogP contribution in [0.3, 0.4) is 0 Å². The second kappa shape index (κ2) is 6.99. The molecule has 0 saturated heterocycles. The maximum Gasteiger partial charge on any atom is 0.324 e. The van der Waals surface area contributed by atoms with Crippen LogP contribution in [0.4, 0.5) is 0 Å². The molecule has 2 aliphatic rings. The number of hydrogen-bond donors (Lipinski definition) is 0. The number of carbonyl (C=O) groups is 1. The van der Waals surface area contributed by atoms with Gasteiger partial charge in [0.1, 0.15) is 21.0 Å². The third kappa shape index (κ3) is 2.96. The number of halogens is 1. The SMILES string of the molecule is CCC(I)C(=O)Oc1ccc(OC2(CC)CC3CCC2(C)C3(C)C)cc1. The van der Waals surface area contributed by atoms with Gasteiger partial charge in [0.25, 0.3) is 0 Å². The minimum atomic E-state index is -0.186. The molecule has 0 heterocycles. The van der Waals surface area contributed by atoms with E-state index in [9.17, 15) is 4.79 Å². The van der Waals surface area contributed by atoms with Crippen LogP contribution in [0, 0.1) is 16.7 Å². The third-order valence-electron chi connectivity index (χ3n) is 7.56. The van der Waals surface area contributed by atoms with Crippen LogP contribution in [-0.2, 0) is 4.79 Å². The molecule has 26 heavy (non-hydrogen) atoms. The molecular formula is C22H31IO3. The Labute approximate surface area is 171 Å². The molecule has 0 aromatic heterocycles. The summed E-state index contributed by atoms with van der Waals surface area (Å²) >= 11 is 2.12. The Morgan fingerprint density at radius 1 is 1.19 bits per heavy atom. The summed E-state index contributed by atoms with van der Waals surface area (Å²) < 4.78 is 12.0. The maximum absolute atomic E-state index is 11.9. The summed E-state index contributed by atoms with van der Waals surface area (Å²) in [4.78, 5) is 11.9. The van der Waals surface area contributed by atoms with Crippen LogP contribution in [0.2, 0.25) is 0 Å². The number of carbonyl (C=O) groups excluding carboxylic acids is 1. The molecule has 0 aliphatic heterocycles. The number of fused-ring (bicyclic) bond motifs is 2. The van der Waals surface area contributed by atoms with Crippen molar-refractivity contribution in [3.05, 3.63) is 24.3 Å². The number of hydrogen-bond acceptors (Lipinski definition) is 3. The molecule has 4 unspecified atom stereocenters. The van der Waals surface area contributed by atoms with Crippen LogP contribution in [-0.4, -0.2) is 15.5 Å². The van der Waals surface area contributed by atoms with Gasteiger partial charge in [-0.3, -0.25) is 4.79 Å². The van der Waals surface area contributed by atoms with Crippen molar-refractivity contribution in [2.75, 3.05) is 0 Å². The largest absolute Gasteiger partial charge is 0.487 e. The van der Waals surface area contributed by atoms with Crippen LogP contribution in [0.25, 0.3) is 0 Å². The molecule has 4 heteroatoms. The van der Waals surface area contributed by atoms with Gasteiger partial charge in [0, 0.05) is 5.41 Å². The fourth-order valence-corrected chi connectivity index (χ4v) is 5.43. The molecule has 0 spiro atoms. The van der Waals surface area contributed by atoms with Gasteiger partial charge in [0.2, 0.25) is 0 Å². The van der Waals surface area contributed by atoms with Crippen molar-refractivity contribution in [3.8, 4) is 11.5 Å². The molecule has 0 N–H and O–H groups in total. The van der Waals surface area contributed by atoms with E-state index in [0.29, 0.717) is 11.2 Å². The van der Waals surface area contributed by atoms with Crippen molar-refractivity contribution in [1.29, 1.82) is 0 Å². The first-order chi connectivity index (χ1) is 12.2. The highest BCUT2D eigenvalue weighted by Crippen LogP contribution is 2.71. The zero-order valence-corrected chi connectivity index (χ0v) is 18.8. The Kier molecular flexibility index (Phi) is 5.37. The van der Waals surface area contributed by atoms with Gasteiger partial charge in [-0.15, -0.1) is 0 Å². The molecule has 0 radical (unpaired) electrons. The Morgan fingerprint density at radius 3 is 2.27 bits per heavy atom. The molecule has 3 rings (SSSR count). The van der Waals surface area contributed by atoms with Crippen molar-refractivity contribution in [2.24, 2.45) is 16.7 Å². The lowest BCUT2D eigenvalue weighted by Crippen LogP contribution is -2.51. The Morgan fingerprint density at radius 2 is 1.81 bits per heavy atom. The van der Waals surface area contributed by atoms with Gasteiger partial charge in [-0.25, -0.2) is 0 Å². The maximum atomic E-state index is 11.9. The van der Waals surface area contributed by atoms with E-state index in [1.165, 1.54) is 12.8 Å². The van der Waals surface area contributed by atoms with Gasteiger partial charge in [0.15, 0.2) is 0 Å². The lowest BCUT2D eigenvalue weighted by Gasteiger charge is -2.48. The monoisotopic (exact) mass is 470 g/mol. The summed E-state index contributed by atoms with van der Waals surface area (Å²) in [6.45, 7) is 11.5. The molecular weight excluding hydrogens is 439 g/mol. The summed E-state index contributed by atoms with van der Waals surface area (Å²) in [7, 11) is 0. The zero-order valence-electron chi connectivity index (χ0n) is 16.6. The highest BCUT2D eigenvalue weighted by atomic mass is 127. The Balaban J connectivity index is 1.76. The summed E-state index contributed by atoms with van der Waals surface area (Å²) in [5, 5.41) is 0. The minimum absolute atomic E-state index is 0.104. The Hall–Kier alpha value is -0.780. The summed E-state index contributed by atoms with van der Waals surface area (Å²) in [6.07, 6.45) is 5.49. The molecule has 1 aromatic rings. The first kappa shape index (κ1) is 20.0. The number of rotatable bonds is 6. The van der Waals surface area contributed by atoms with Crippen LogP contribution in [0.5, 0.6) is 11.5 Å². The first-order valence-corrected chi connectivity index (χ1v) is 11.1. The molecule has 4 atom stereocenters. The van der Waals surface area contributed by atoms with Crippen LogP contribution >= 0.6 is 22.6 Å². The summed E-state index contributed by atoms with van der Waals surface area (Å²) in [6, 6.07) is 7.57. The topological polar surface area (TPSA) is 35.5 Å². The van der Waals surface area contributed by atoms with E-state index in [4.69, 9.17) is 9.47 Å². The quantitative estimate of drug-likeness (QED) is 0.216. The Bertz CT molecular complexity index is 668. The summed E-state index contributed by atoms with van der Waals surface area (Å²) in [5.74, 6) is 2.01. The molecule has 2 saturated carbocycles. The van der Waals surface area contributed by atoms with Gasteiger partial charge in [-0.05, 0) is 67.7 Å². The fraction of sp³-hybridized carbons (Fsp3) is 0.682. The van der Waals surface area contributed by atoms with Crippen molar-refractivity contribution >= 4 is 28.6 Å². The standard InChI is InChI=1S/C22H31IO3/c1-6-18(23)19(24)25-16-8-10-17(11-9-16)26-22(7-2)14-15-12-13-21(22,5)20(15,3)4/h8-11,15,18H,6-7,12-14H2,1-5H3. The molecule has 1 aromatic carbocycles. The predicted molar refractivity (Wildman–Crippen MR) is 113 cm³/mol. The minimum Gasteiger partial charge on any atom is -0.487 e. The van der Waals surface area contributed by atoms with E-state index >= 15 is 0 Å². The fourth-order valence-electron chi connectivity index (χ4n) is 5.30. The number of alkyl halides is 1. The van der Waals surface area contributed by atoms with Gasteiger partial charge in [0.05, 0.1) is 0 Å². The van der Waals surface area contributed by atoms with E-state index in [2.05, 4.69) is 50.3 Å². The zero-order chi connectivity index (χ0) is 19.2. The number of benzene rings is 1. The van der Waals surface area contributed by atoms with Crippen molar-refractivity contribution in [1.82, 2.24) is 0 Å². The molecule has 2 aliphatic carbocycles. The van der Waals surface area contributed by atoms with Crippen molar-refractivity contribution in [3.63, 3.8) is 0 Å². The van der Waals surface area contributed by atoms with E-state index in [1.807, 2.05) is 31.2 Å². The smallest absolute Gasteiger partial charge is 0.324 e. The summed E-state index contributed by atoms with van der Waals surface area (Å²) in [5.41, 5.74) is 0.404. The average Bonchev–Trinajstić information content (AvgIpc) is 2.94. The number of esters is 1. The van der Waals surface area contributed by atoms with Gasteiger partial charge in [-0.1, -0.05) is 57.2 Å².